The van der Waals surface area contributed by atoms with Gasteiger partial charge in [0.1, 0.15) is 0 Å². The van der Waals surface area contributed by atoms with Crippen LogP contribution in [0, 0.1) is 10.1 Å². The molecule has 1 aliphatic rings. The Kier molecular flexibility index (Phi) is 2.88. The molecule has 2 heterocycles. The van der Waals surface area contributed by atoms with E-state index in [1.54, 1.807) is 0 Å². The fourth-order valence-electron chi connectivity index (χ4n) is 1.60. The highest BCUT2D eigenvalue weighted by Gasteiger charge is 2.25. The second-order valence-corrected chi connectivity index (χ2v) is 3.82. The quantitative estimate of drug-likeness (QED) is 0.575. The van der Waals surface area contributed by atoms with E-state index in [2.05, 4.69) is 5.10 Å². The maximum atomic E-state index is 10.5. The molecule has 1 saturated heterocycles. The highest BCUT2D eigenvalue weighted by Crippen LogP contribution is 2.26. The van der Waals surface area contributed by atoms with Crippen molar-refractivity contribution in [2.75, 3.05) is 13.2 Å². The first-order valence-electron chi connectivity index (χ1n) is 4.65. The predicted octanol–water partition coefficient (Wildman–Crippen LogP) is 1.80. The van der Waals surface area contributed by atoms with E-state index in [-0.39, 0.29) is 16.9 Å². The van der Waals surface area contributed by atoms with Gasteiger partial charge >= 0.3 is 5.82 Å². The van der Waals surface area contributed by atoms with Crippen LogP contribution in [-0.2, 0) is 4.74 Å². The zero-order valence-corrected chi connectivity index (χ0v) is 8.68. The summed E-state index contributed by atoms with van der Waals surface area (Å²) in [5.74, 6) is -0.290. The number of hydrogen-bond donors (Lipinski definition) is 0. The van der Waals surface area contributed by atoms with Gasteiger partial charge in [-0.05, 0) is 17.8 Å². The van der Waals surface area contributed by atoms with Gasteiger partial charge in [0.05, 0.1) is 23.9 Å². The molecule has 0 spiro atoms. The van der Waals surface area contributed by atoms with Crippen molar-refractivity contribution in [2.24, 2.45) is 0 Å². The van der Waals surface area contributed by atoms with Gasteiger partial charge in [0.15, 0.2) is 5.02 Å². The van der Waals surface area contributed by atoms with Crippen LogP contribution in [0.5, 0.6) is 0 Å². The fraction of sp³-hybridized carbons (Fsp3) is 0.625. The number of nitro groups is 1. The second-order valence-electron chi connectivity index (χ2n) is 3.41. The molecule has 0 N–H and O–H groups in total. The Bertz CT molecular complexity index is 373. The molecule has 0 aromatic carbocycles. The van der Waals surface area contributed by atoms with E-state index < -0.39 is 4.92 Å². The molecular weight excluding hydrogens is 222 g/mol. The predicted molar refractivity (Wildman–Crippen MR) is 53.0 cm³/mol. The summed E-state index contributed by atoms with van der Waals surface area (Å²) in [6.07, 6.45) is 3.34. The molecule has 15 heavy (non-hydrogen) atoms. The summed E-state index contributed by atoms with van der Waals surface area (Å²) < 4.78 is 6.80. The second kappa shape index (κ2) is 4.16. The van der Waals surface area contributed by atoms with Crippen molar-refractivity contribution >= 4 is 17.4 Å². The Balaban J connectivity index is 2.21. The molecule has 82 valence electrons. The zero-order chi connectivity index (χ0) is 10.8. The van der Waals surface area contributed by atoms with Crippen molar-refractivity contribution < 1.29 is 9.66 Å². The largest absolute Gasteiger partial charge is 0.408 e. The smallest absolute Gasteiger partial charge is 0.379 e. The molecule has 1 aliphatic heterocycles. The molecule has 0 amide bonds. The first kappa shape index (κ1) is 10.4. The van der Waals surface area contributed by atoms with Crippen molar-refractivity contribution in [1.82, 2.24) is 9.78 Å². The van der Waals surface area contributed by atoms with Crippen molar-refractivity contribution in [3.63, 3.8) is 0 Å². The molecule has 0 aliphatic carbocycles. The van der Waals surface area contributed by atoms with E-state index >= 15 is 0 Å². The van der Waals surface area contributed by atoms with Crippen LogP contribution in [0.25, 0.3) is 0 Å². The van der Waals surface area contributed by atoms with Gasteiger partial charge in [-0.2, -0.15) is 4.68 Å². The van der Waals surface area contributed by atoms with E-state index in [1.165, 1.54) is 10.9 Å². The number of ether oxygens (including phenoxy) is 1. The molecule has 1 fully saturated rings. The lowest BCUT2D eigenvalue weighted by molar-refractivity contribution is -0.389. The van der Waals surface area contributed by atoms with Gasteiger partial charge in [-0.15, -0.1) is 0 Å². The third kappa shape index (κ3) is 2.10. The maximum absolute atomic E-state index is 10.5. The Labute approximate surface area is 90.9 Å². The van der Waals surface area contributed by atoms with Crippen molar-refractivity contribution in [3.8, 4) is 0 Å². The van der Waals surface area contributed by atoms with E-state index in [0.717, 1.165) is 19.4 Å². The minimum atomic E-state index is -0.581. The van der Waals surface area contributed by atoms with Crippen molar-refractivity contribution in [2.45, 2.75) is 18.9 Å². The van der Waals surface area contributed by atoms with Crippen molar-refractivity contribution in [3.05, 3.63) is 21.3 Å². The first-order chi connectivity index (χ1) is 7.18. The standard InChI is InChI=1S/C8H10ClN3O3/c9-7-4-11(10-8(7)12(13)14)6-2-1-3-15-5-6/h4,6H,1-3,5H2. The zero-order valence-electron chi connectivity index (χ0n) is 7.93. The van der Waals surface area contributed by atoms with Gasteiger partial charge < -0.3 is 14.9 Å². The fourth-order valence-corrected chi connectivity index (χ4v) is 1.81. The monoisotopic (exact) mass is 231 g/mol. The van der Waals surface area contributed by atoms with Crippen LogP contribution in [-0.4, -0.2) is 27.9 Å². The lowest BCUT2D eigenvalue weighted by Gasteiger charge is -2.19. The van der Waals surface area contributed by atoms with Crippen LogP contribution < -0.4 is 0 Å². The summed E-state index contributed by atoms with van der Waals surface area (Å²) in [6, 6.07) is 0.0601. The van der Waals surface area contributed by atoms with Crippen LogP contribution in [0.2, 0.25) is 5.02 Å². The number of nitrogens with zero attached hydrogens (tertiary/aromatic N) is 3. The minimum Gasteiger partial charge on any atom is -0.379 e. The Hall–Kier alpha value is -1.14. The molecule has 7 heteroatoms. The van der Waals surface area contributed by atoms with E-state index in [0.29, 0.717) is 6.61 Å². The summed E-state index contributed by atoms with van der Waals surface area (Å²) in [6.45, 7) is 1.28. The molecule has 0 saturated carbocycles. The molecule has 1 unspecified atom stereocenters. The number of rotatable bonds is 2. The lowest BCUT2D eigenvalue weighted by atomic mass is 10.1. The Morgan fingerprint density at radius 2 is 2.53 bits per heavy atom. The molecule has 0 radical (unpaired) electrons. The number of halogens is 1. The van der Waals surface area contributed by atoms with E-state index in [4.69, 9.17) is 16.3 Å². The van der Waals surface area contributed by atoms with E-state index in [1.807, 2.05) is 0 Å². The van der Waals surface area contributed by atoms with Crippen LogP contribution in [0.15, 0.2) is 6.20 Å². The minimum absolute atomic E-state index is 0.0601. The highest BCUT2D eigenvalue weighted by atomic mass is 35.5. The van der Waals surface area contributed by atoms with Gasteiger partial charge in [-0.1, -0.05) is 11.6 Å². The summed E-state index contributed by atoms with van der Waals surface area (Å²) in [4.78, 5) is 9.95. The third-order valence-electron chi connectivity index (χ3n) is 2.35. The van der Waals surface area contributed by atoms with Gasteiger partial charge in [0, 0.05) is 6.61 Å². The summed E-state index contributed by atoms with van der Waals surface area (Å²) in [5.41, 5.74) is 0. The van der Waals surface area contributed by atoms with E-state index in [9.17, 15) is 10.1 Å². The van der Waals surface area contributed by atoms with Crippen molar-refractivity contribution in [1.29, 1.82) is 0 Å². The van der Waals surface area contributed by atoms with Crippen LogP contribution in [0.1, 0.15) is 18.9 Å². The van der Waals surface area contributed by atoms with Crippen LogP contribution in [0.4, 0.5) is 5.82 Å². The average Bonchev–Trinajstić information content (AvgIpc) is 2.62. The van der Waals surface area contributed by atoms with Crippen LogP contribution >= 0.6 is 11.6 Å². The summed E-state index contributed by atoms with van der Waals surface area (Å²) in [7, 11) is 0. The molecule has 1 aromatic rings. The van der Waals surface area contributed by atoms with Gasteiger partial charge in [-0.3, -0.25) is 0 Å². The summed E-state index contributed by atoms with van der Waals surface area (Å²) in [5, 5.41) is 14.4. The normalized spacial score (nSPS) is 21.5. The SMILES string of the molecule is O=[N+]([O-])c1nn(C2CCCOC2)cc1Cl. The summed E-state index contributed by atoms with van der Waals surface area (Å²) >= 11 is 5.69. The molecule has 1 aromatic heterocycles. The third-order valence-corrected chi connectivity index (χ3v) is 2.62. The average molecular weight is 232 g/mol. The number of hydrogen-bond acceptors (Lipinski definition) is 4. The lowest BCUT2D eigenvalue weighted by Crippen LogP contribution is -2.21. The highest BCUT2D eigenvalue weighted by molar-refractivity contribution is 6.32. The first-order valence-corrected chi connectivity index (χ1v) is 5.03. The topological polar surface area (TPSA) is 70.2 Å². The number of aromatic nitrogens is 2. The Morgan fingerprint density at radius 3 is 3.07 bits per heavy atom. The molecule has 1 atom stereocenters. The van der Waals surface area contributed by atoms with Gasteiger partial charge in [-0.25, -0.2) is 0 Å². The van der Waals surface area contributed by atoms with Gasteiger partial charge in [0.25, 0.3) is 0 Å². The Morgan fingerprint density at radius 1 is 1.73 bits per heavy atom. The maximum Gasteiger partial charge on any atom is 0.408 e. The molecular formula is C8H10ClN3O3. The van der Waals surface area contributed by atoms with Gasteiger partial charge in [0.2, 0.25) is 0 Å². The van der Waals surface area contributed by atoms with Crippen LogP contribution in [0.3, 0.4) is 0 Å². The molecule has 0 bridgehead atoms. The molecule has 2 rings (SSSR count). The molecule has 6 nitrogen and oxygen atoms in total.